The molecule has 0 bridgehead atoms. The molecule has 0 saturated carbocycles. The summed E-state index contributed by atoms with van der Waals surface area (Å²) in [6.45, 7) is 0.670. The fourth-order valence-corrected chi connectivity index (χ4v) is 1.31. The third-order valence-electron chi connectivity index (χ3n) is 1.91. The lowest BCUT2D eigenvalue weighted by molar-refractivity contribution is 0.0415. The molecule has 0 spiro atoms. The van der Waals surface area contributed by atoms with Crippen LogP contribution in [0.1, 0.15) is 19.1 Å². The molecule has 2 rings (SSSR count). The minimum Gasteiger partial charge on any atom is -0.382 e. The smallest absolute Gasteiger partial charge is 0.368 e. The van der Waals surface area contributed by atoms with E-state index >= 15 is 0 Å². The molecule has 13 heavy (non-hydrogen) atoms. The average molecular weight is 182 g/mol. The third-order valence-corrected chi connectivity index (χ3v) is 1.91. The Morgan fingerprint density at radius 2 is 2.54 bits per heavy atom. The summed E-state index contributed by atoms with van der Waals surface area (Å²) in [6, 6.07) is 0. The molecule has 0 radical (unpaired) electrons. The van der Waals surface area contributed by atoms with Crippen molar-refractivity contribution in [3.63, 3.8) is 0 Å². The van der Waals surface area contributed by atoms with Gasteiger partial charge in [0.1, 0.15) is 5.82 Å². The summed E-state index contributed by atoms with van der Waals surface area (Å²) in [5.41, 5.74) is 4.85. The highest BCUT2D eigenvalue weighted by Gasteiger charge is 2.19. The van der Waals surface area contributed by atoms with Crippen molar-refractivity contribution in [2.45, 2.75) is 19.1 Å². The van der Waals surface area contributed by atoms with E-state index in [1.807, 2.05) is 0 Å². The Morgan fingerprint density at radius 3 is 3.15 bits per heavy atom. The molecule has 2 N–H and O–H groups in total. The van der Waals surface area contributed by atoms with Crippen molar-refractivity contribution >= 4 is 5.82 Å². The van der Waals surface area contributed by atoms with E-state index in [4.69, 9.17) is 10.5 Å². The van der Waals surface area contributed by atoms with Crippen LogP contribution in [0.5, 0.6) is 0 Å². The number of rotatable bonds is 1. The Labute approximate surface area is 74.3 Å². The van der Waals surface area contributed by atoms with Crippen molar-refractivity contribution in [1.82, 2.24) is 14.8 Å². The topological polar surface area (TPSA) is 83.0 Å². The van der Waals surface area contributed by atoms with Gasteiger partial charge < -0.3 is 10.5 Å². The van der Waals surface area contributed by atoms with Gasteiger partial charge in [0.25, 0.3) is 0 Å². The number of aromatic nitrogens is 3. The van der Waals surface area contributed by atoms with Crippen LogP contribution in [-0.4, -0.2) is 21.4 Å². The second kappa shape index (κ2) is 3.14. The molecule has 2 heterocycles. The van der Waals surface area contributed by atoms with Gasteiger partial charge in [0, 0.05) is 6.61 Å². The number of hydrogen-bond acceptors (Lipinski definition) is 5. The summed E-state index contributed by atoms with van der Waals surface area (Å²) in [6.07, 6.45) is 2.84. The molecule has 6 nitrogen and oxygen atoms in total. The van der Waals surface area contributed by atoms with E-state index in [1.165, 1.54) is 10.9 Å². The zero-order chi connectivity index (χ0) is 9.26. The summed E-state index contributed by atoms with van der Waals surface area (Å²) in [5.74, 6) is 0.138. The molecule has 0 aromatic carbocycles. The lowest BCUT2D eigenvalue weighted by Crippen LogP contribution is -2.29. The second-order valence-electron chi connectivity index (χ2n) is 2.88. The van der Waals surface area contributed by atoms with Gasteiger partial charge in [-0.1, -0.05) is 0 Å². The van der Waals surface area contributed by atoms with Gasteiger partial charge in [-0.05, 0) is 12.8 Å². The van der Waals surface area contributed by atoms with E-state index in [9.17, 15) is 4.79 Å². The van der Waals surface area contributed by atoms with E-state index in [1.54, 1.807) is 0 Å². The molecule has 70 valence electrons. The van der Waals surface area contributed by atoms with Crippen LogP contribution >= 0.6 is 0 Å². The highest BCUT2D eigenvalue weighted by molar-refractivity contribution is 5.19. The number of nitrogen functional groups attached to an aromatic ring is 1. The van der Waals surface area contributed by atoms with E-state index in [0.29, 0.717) is 6.61 Å². The molecule has 1 aliphatic heterocycles. The van der Waals surface area contributed by atoms with Crippen molar-refractivity contribution in [2.24, 2.45) is 0 Å². The third kappa shape index (κ3) is 1.52. The van der Waals surface area contributed by atoms with Crippen LogP contribution in [0.15, 0.2) is 11.0 Å². The van der Waals surface area contributed by atoms with E-state index in [-0.39, 0.29) is 12.0 Å². The Bertz CT molecular complexity index is 356. The SMILES string of the molecule is Nc1cnn([C@@H]2CCCO2)c(=O)n1. The highest BCUT2D eigenvalue weighted by Crippen LogP contribution is 2.19. The molecule has 1 saturated heterocycles. The second-order valence-corrected chi connectivity index (χ2v) is 2.88. The normalized spacial score (nSPS) is 22.0. The van der Waals surface area contributed by atoms with Crippen LogP contribution in [-0.2, 0) is 4.74 Å². The van der Waals surface area contributed by atoms with Gasteiger partial charge in [-0.25, -0.2) is 4.79 Å². The number of anilines is 1. The van der Waals surface area contributed by atoms with Gasteiger partial charge in [-0.2, -0.15) is 14.8 Å². The Balaban J connectivity index is 2.34. The van der Waals surface area contributed by atoms with Crippen LogP contribution < -0.4 is 11.4 Å². The number of nitrogens with zero attached hydrogens (tertiary/aromatic N) is 3. The van der Waals surface area contributed by atoms with Crippen molar-refractivity contribution in [3.05, 3.63) is 16.7 Å². The zero-order valence-electron chi connectivity index (χ0n) is 7.01. The van der Waals surface area contributed by atoms with Gasteiger partial charge in [0.05, 0.1) is 6.20 Å². The summed E-state index contributed by atoms with van der Waals surface area (Å²) in [5, 5.41) is 3.85. The van der Waals surface area contributed by atoms with Crippen LogP contribution in [0.4, 0.5) is 5.82 Å². The van der Waals surface area contributed by atoms with E-state index in [2.05, 4.69) is 10.1 Å². The van der Waals surface area contributed by atoms with Crippen LogP contribution in [0.3, 0.4) is 0 Å². The largest absolute Gasteiger partial charge is 0.382 e. The van der Waals surface area contributed by atoms with E-state index < -0.39 is 5.69 Å². The first kappa shape index (κ1) is 8.18. The summed E-state index contributed by atoms with van der Waals surface area (Å²) < 4.78 is 6.50. The zero-order valence-corrected chi connectivity index (χ0v) is 7.01. The summed E-state index contributed by atoms with van der Waals surface area (Å²) in [7, 11) is 0. The minimum atomic E-state index is -0.452. The molecule has 0 aliphatic carbocycles. The van der Waals surface area contributed by atoms with Gasteiger partial charge in [0.2, 0.25) is 0 Å². The standard InChI is InChI=1S/C7H10N4O2/c8-5-4-9-11(7(12)10-5)6-2-1-3-13-6/h4,6H,1-3H2,(H2,8,10,12)/t6-/m0/s1. The summed E-state index contributed by atoms with van der Waals surface area (Å²) in [4.78, 5) is 14.8. The molecule has 1 aliphatic rings. The van der Waals surface area contributed by atoms with Gasteiger partial charge in [-0.3, -0.25) is 0 Å². The first-order chi connectivity index (χ1) is 6.27. The molecule has 0 amide bonds. The highest BCUT2D eigenvalue weighted by atomic mass is 16.5. The van der Waals surface area contributed by atoms with Crippen LogP contribution in [0, 0.1) is 0 Å². The van der Waals surface area contributed by atoms with Crippen molar-refractivity contribution in [3.8, 4) is 0 Å². The first-order valence-corrected chi connectivity index (χ1v) is 4.10. The van der Waals surface area contributed by atoms with E-state index in [0.717, 1.165) is 12.8 Å². The van der Waals surface area contributed by atoms with Crippen molar-refractivity contribution < 1.29 is 4.74 Å². The maximum atomic E-state index is 11.3. The number of hydrogen-bond donors (Lipinski definition) is 1. The Morgan fingerprint density at radius 1 is 1.69 bits per heavy atom. The van der Waals surface area contributed by atoms with Gasteiger partial charge >= 0.3 is 5.69 Å². The fourth-order valence-electron chi connectivity index (χ4n) is 1.31. The van der Waals surface area contributed by atoms with Crippen molar-refractivity contribution in [2.75, 3.05) is 12.3 Å². The minimum absolute atomic E-state index is 0.138. The molecular formula is C7H10N4O2. The van der Waals surface area contributed by atoms with Crippen LogP contribution in [0.2, 0.25) is 0 Å². The Hall–Kier alpha value is -1.43. The van der Waals surface area contributed by atoms with Crippen molar-refractivity contribution in [1.29, 1.82) is 0 Å². The summed E-state index contributed by atoms with van der Waals surface area (Å²) >= 11 is 0. The lowest BCUT2D eigenvalue weighted by Gasteiger charge is -2.09. The fraction of sp³-hybridized carbons (Fsp3) is 0.571. The molecule has 1 aromatic rings. The molecule has 1 atom stereocenters. The molecular weight excluding hydrogens is 172 g/mol. The molecule has 0 unspecified atom stereocenters. The predicted octanol–water partition coefficient (Wildman–Crippen LogP) is -0.471. The quantitative estimate of drug-likeness (QED) is 0.634. The number of nitrogens with two attached hydrogens (primary N) is 1. The van der Waals surface area contributed by atoms with Gasteiger partial charge in [-0.15, -0.1) is 0 Å². The number of ether oxygens (including phenoxy) is 1. The predicted molar refractivity (Wildman–Crippen MR) is 44.9 cm³/mol. The molecule has 1 fully saturated rings. The maximum Gasteiger partial charge on any atom is 0.368 e. The van der Waals surface area contributed by atoms with Crippen LogP contribution in [0.25, 0.3) is 0 Å². The Kier molecular flexibility index (Phi) is 1.97. The average Bonchev–Trinajstić information content (AvgIpc) is 2.56. The molecule has 6 heteroatoms. The monoisotopic (exact) mass is 182 g/mol. The molecule has 1 aromatic heterocycles. The maximum absolute atomic E-state index is 11.3. The lowest BCUT2D eigenvalue weighted by atomic mass is 10.3. The van der Waals surface area contributed by atoms with Gasteiger partial charge in [0.15, 0.2) is 6.23 Å². The first-order valence-electron chi connectivity index (χ1n) is 4.10.